The molecular weight excluding hydrogens is 181 g/mol. The second kappa shape index (κ2) is 4.74. The van der Waals surface area contributed by atoms with Crippen molar-refractivity contribution in [2.45, 2.75) is 20.3 Å². The van der Waals surface area contributed by atoms with Gasteiger partial charge >= 0.3 is 0 Å². The maximum Gasteiger partial charge on any atom is 0.213 e. The average Bonchev–Trinajstić information content (AvgIpc) is 2.17. The van der Waals surface area contributed by atoms with Crippen LogP contribution in [0.1, 0.15) is 25.0 Å². The van der Waals surface area contributed by atoms with Crippen LogP contribution in [0.4, 0.5) is 4.39 Å². The minimum atomic E-state index is -0.269. The molecule has 14 heavy (non-hydrogen) atoms. The van der Waals surface area contributed by atoms with E-state index < -0.39 is 0 Å². The van der Waals surface area contributed by atoms with Gasteiger partial charge in [-0.2, -0.15) is 0 Å². The van der Waals surface area contributed by atoms with Crippen molar-refractivity contribution < 1.29 is 9.13 Å². The van der Waals surface area contributed by atoms with E-state index in [0.717, 1.165) is 5.56 Å². The summed E-state index contributed by atoms with van der Waals surface area (Å²) in [5.74, 6) is -0.153. The molecule has 0 unspecified atom stereocenters. The van der Waals surface area contributed by atoms with Gasteiger partial charge in [-0.15, -0.1) is 0 Å². The van der Waals surface area contributed by atoms with Crippen LogP contribution in [0, 0.1) is 11.2 Å². The molecule has 76 valence electrons. The fourth-order valence-corrected chi connectivity index (χ4v) is 1.30. The molecule has 0 fully saturated rings. The Hall–Kier alpha value is -1.38. The minimum absolute atomic E-state index is 0.115. The minimum Gasteiger partial charge on any atom is -0.478 e. The van der Waals surface area contributed by atoms with Crippen molar-refractivity contribution >= 4 is 5.90 Å². The second-order valence-electron chi connectivity index (χ2n) is 2.92. The highest BCUT2D eigenvalue weighted by atomic mass is 19.1. The first-order chi connectivity index (χ1) is 6.69. The summed E-state index contributed by atoms with van der Waals surface area (Å²) >= 11 is 0. The van der Waals surface area contributed by atoms with Crippen molar-refractivity contribution in [3.05, 3.63) is 35.1 Å². The molecule has 2 nitrogen and oxygen atoms in total. The molecule has 1 rings (SSSR count). The number of hydrogen-bond donors (Lipinski definition) is 1. The summed E-state index contributed by atoms with van der Waals surface area (Å²) < 4.78 is 17.9. The van der Waals surface area contributed by atoms with Crippen molar-refractivity contribution in [3.63, 3.8) is 0 Å². The lowest BCUT2D eigenvalue weighted by Gasteiger charge is -2.09. The van der Waals surface area contributed by atoms with Gasteiger partial charge in [0.2, 0.25) is 5.90 Å². The molecule has 0 saturated heterocycles. The number of halogens is 1. The topological polar surface area (TPSA) is 33.1 Å². The van der Waals surface area contributed by atoms with Gasteiger partial charge in [0.15, 0.2) is 0 Å². The van der Waals surface area contributed by atoms with Crippen LogP contribution in [0.25, 0.3) is 0 Å². The molecule has 0 heterocycles. The zero-order valence-corrected chi connectivity index (χ0v) is 8.43. The SMILES string of the molecule is CCOC(=N)c1ccc(F)cc1CC. The Morgan fingerprint density at radius 3 is 2.71 bits per heavy atom. The normalized spacial score (nSPS) is 9.93. The van der Waals surface area contributed by atoms with Gasteiger partial charge < -0.3 is 4.74 Å². The third-order valence-corrected chi connectivity index (χ3v) is 1.98. The molecule has 0 aliphatic heterocycles. The van der Waals surface area contributed by atoms with Crippen molar-refractivity contribution in [2.24, 2.45) is 0 Å². The van der Waals surface area contributed by atoms with Crippen LogP contribution >= 0.6 is 0 Å². The number of ether oxygens (including phenoxy) is 1. The maximum absolute atomic E-state index is 12.9. The van der Waals surface area contributed by atoms with Crippen LogP contribution in [0.15, 0.2) is 18.2 Å². The van der Waals surface area contributed by atoms with Crippen LogP contribution in [0.3, 0.4) is 0 Å². The molecule has 1 N–H and O–H groups in total. The van der Waals surface area contributed by atoms with E-state index in [-0.39, 0.29) is 11.7 Å². The molecule has 0 spiro atoms. The van der Waals surface area contributed by atoms with E-state index in [1.54, 1.807) is 6.07 Å². The molecule has 0 radical (unpaired) electrons. The van der Waals surface area contributed by atoms with Crippen molar-refractivity contribution in [2.75, 3.05) is 6.61 Å². The first-order valence-electron chi connectivity index (χ1n) is 4.69. The van der Waals surface area contributed by atoms with Crippen LogP contribution in [0.5, 0.6) is 0 Å². The fraction of sp³-hybridized carbons (Fsp3) is 0.364. The van der Waals surface area contributed by atoms with Gasteiger partial charge in [0, 0.05) is 5.56 Å². The Morgan fingerprint density at radius 2 is 2.14 bits per heavy atom. The molecule has 3 heteroatoms. The molecule has 0 aliphatic carbocycles. The van der Waals surface area contributed by atoms with E-state index in [4.69, 9.17) is 10.1 Å². The lowest BCUT2D eigenvalue weighted by atomic mass is 10.1. The van der Waals surface area contributed by atoms with Crippen molar-refractivity contribution in [3.8, 4) is 0 Å². The molecule has 0 amide bonds. The van der Waals surface area contributed by atoms with Gasteiger partial charge in [-0.25, -0.2) is 4.39 Å². The van der Waals surface area contributed by atoms with Gasteiger partial charge in [-0.3, -0.25) is 5.41 Å². The Morgan fingerprint density at radius 1 is 1.43 bits per heavy atom. The average molecular weight is 195 g/mol. The molecule has 1 aromatic carbocycles. The van der Waals surface area contributed by atoms with Crippen LogP contribution < -0.4 is 0 Å². The van der Waals surface area contributed by atoms with Crippen molar-refractivity contribution in [1.82, 2.24) is 0 Å². The third kappa shape index (κ3) is 2.31. The van der Waals surface area contributed by atoms with E-state index in [1.807, 2.05) is 13.8 Å². The van der Waals surface area contributed by atoms with E-state index in [9.17, 15) is 4.39 Å². The summed E-state index contributed by atoms with van der Waals surface area (Å²) in [6, 6.07) is 4.39. The van der Waals surface area contributed by atoms with Gasteiger partial charge in [-0.1, -0.05) is 6.92 Å². The summed E-state index contributed by atoms with van der Waals surface area (Å²) in [5.41, 5.74) is 1.49. The summed E-state index contributed by atoms with van der Waals surface area (Å²) in [6.45, 7) is 4.21. The Balaban J connectivity index is 3.01. The van der Waals surface area contributed by atoms with Crippen LogP contribution in [-0.4, -0.2) is 12.5 Å². The predicted octanol–water partition coefficient (Wildman–Crippen LogP) is 2.75. The largest absolute Gasteiger partial charge is 0.478 e. The molecular formula is C11H14FNO. The lowest BCUT2D eigenvalue weighted by molar-refractivity contribution is 0.325. The zero-order chi connectivity index (χ0) is 10.6. The molecule has 0 atom stereocenters. The lowest BCUT2D eigenvalue weighted by Crippen LogP contribution is -2.08. The smallest absolute Gasteiger partial charge is 0.213 e. The monoisotopic (exact) mass is 195 g/mol. The van der Waals surface area contributed by atoms with Gasteiger partial charge in [0.05, 0.1) is 6.61 Å². The van der Waals surface area contributed by atoms with Crippen molar-refractivity contribution in [1.29, 1.82) is 5.41 Å². The number of benzene rings is 1. The first kappa shape index (κ1) is 10.7. The number of aryl methyl sites for hydroxylation is 1. The van der Waals surface area contributed by atoms with Crippen LogP contribution in [-0.2, 0) is 11.2 Å². The number of rotatable bonds is 3. The molecule has 1 aromatic rings. The highest BCUT2D eigenvalue weighted by Gasteiger charge is 2.08. The van der Waals surface area contributed by atoms with Gasteiger partial charge in [0.25, 0.3) is 0 Å². The quantitative estimate of drug-likeness (QED) is 0.583. The summed E-state index contributed by atoms with van der Waals surface area (Å²) in [6.07, 6.45) is 0.697. The third-order valence-electron chi connectivity index (χ3n) is 1.98. The number of nitrogens with one attached hydrogen (secondary N) is 1. The van der Waals surface area contributed by atoms with E-state index in [1.165, 1.54) is 12.1 Å². The standard InChI is InChI=1S/C11H14FNO/c1-3-8-7-9(12)5-6-10(8)11(13)14-4-2/h5-7,13H,3-4H2,1-2H3. The predicted molar refractivity (Wildman–Crippen MR) is 54.2 cm³/mol. The van der Waals surface area contributed by atoms with Crippen LogP contribution in [0.2, 0.25) is 0 Å². The van der Waals surface area contributed by atoms with Gasteiger partial charge in [0.1, 0.15) is 5.82 Å². The Bertz CT molecular complexity index is 336. The molecule has 0 saturated carbocycles. The van der Waals surface area contributed by atoms with E-state index in [0.29, 0.717) is 18.6 Å². The van der Waals surface area contributed by atoms with E-state index >= 15 is 0 Å². The molecule has 0 aromatic heterocycles. The Labute approximate surface area is 83.2 Å². The highest BCUT2D eigenvalue weighted by molar-refractivity contribution is 5.93. The fourth-order valence-electron chi connectivity index (χ4n) is 1.30. The maximum atomic E-state index is 12.9. The van der Waals surface area contributed by atoms with Gasteiger partial charge in [-0.05, 0) is 37.1 Å². The Kier molecular flexibility index (Phi) is 3.63. The first-order valence-corrected chi connectivity index (χ1v) is 4.69. The summed E-state index contributed by atoms with van der Waals surface area (Å²) in [7, 11) is 0. The highest BCUT2D eigenvalue weighted by Crippen LogP contribution is 2.13. The number of hydrogen-bond acceptors (Lipinski definition) is 2. The molecule has 0 aliphatic rings. The summed E-state index contributed by atoms with van der Waals surface area (Å²) in [5, 5.41) is 7.60. The second-order valence-corrected chi connectivity index (χ2v) is 2.92. The zero-order valence-electron chi connectivity index (χ0n) is 8.43. The molecule has 0 bridgehead atoms. The van der Waals surface area contributed by atoms with E-state index in [2.05, 4.69) is 0 Å². The summed E-state index contributed by atoms with van der Waals surface area (Å²) in [4.78, 5) is 0.